The molecule has 5 nitrogen and oxygen atoms in total. The van der Waals surface area contributed by atoms with Crippen LogP contribution in [0.1, 0.15) is 44.3 Å². The number of H-pyrrole nitrogens is 1. The number of aromatic nitrogens is 2. The van der Waals surface area contributed by atoms with Gasteiger partial charge in [-0.15, -0.1) is 0 Å². The van der Waals surface area contributed by atoms with E-state index in [1.54, 1.807) is 12.4 Å². The van der Waals surface area contributed by atoms with E-state index in [0.29, 0.717) is 25.8 Å². The van der Waals surface area contributed by atoms with Gasteiger partial charge in [0.1, 0.15) is 5.82 Å². The lowest BCUT2D eigenvalue weighted by Gasteiger charge is -2.37. The first-order valence-corrected chi connectivity index (χ1v) is 7.00. The van der Waals surface area contributed by atoms with Crippen LogP contribution in [0.4, 0.5) is 0 Å². The second-order valence-electron chi connectivity index (χ2n) is 5.79. The summed E-state index contributed by atoms with van der Waals surface area (Å²) in [7, 11) is 0. The summed E-state index contributed by atoms with van der Waals surface area (Å²) in [4.78, 5) is 32.9. The smallest absolute Gasteiger partial charge is 0.229 e. The SMILES string of the molecule is O=C1CC2(CCCC2)CC(=O)N1CCc1ncc[nH]1. The van der Waals surface area contributed by atoms with Gasteiger partial charge in [-0.3, -0.25) is 14.5 Å². The average molecular weight is 261 g/mol. The van der Waals surface area contributed by atoms with Gasteiger partial charge in [0.15, 0.2) is 0 Å². The average Bonchev–Trinajstić information content (AvgIpc) is 3.00. The fourth-order valence-electron chi connectivity index (χ4n) is 3.41. The van der Waals surface area contributed by atoms with Crippen molar-refractivity contribution in [3.05, 3.63) is 18.2 Å². The number of rotatable bonds is 3. The zero-order valence-electron chi connectivity index (χ0n) is 11.0. The molecule has 2 amide bonds. The van der Waals surface area contributed by atoms with Crippen molar-refractivity contribution in [1.82, 2.24) is 14.9 Å². The molecular weight excluding hydrogens is 242 g/mol. The highest BCUT2D eigenvalue weighted by Gasteiger charge is 2.44. The molecule has 1 aromatic heterocycles. The van der Waals surface area contributed by atoms with Crippen molar-refractivity contribution >= 4 is 11.8 Å². The number of aromatic amines is 1. The summed E-state index contributed by atoms with van der Waals surface area (Å²) in [6, 6.07) is 0. The number of nitrogens with one attached hydrogen (secondary N) is 1. The predicted molar refractivity (Wildman–Crippen MR) is 69.1 cm³/mol. The maximum atomic E-state index is 12.2. The quantitative estimate of drug-likeness (QED) is 0.841. The molecule has 3 rings (SSSR count). The van der Waals surface area contributed by atoms with Gasteiger partial charge in [0.05, 0.1) is 0 Å². The third-order valence-electron chi connectivity index (χ3n) is 4.45. The third kappa shape index (κ3) is 2.41. The molecule has 1 saturated carbocycles. The third-order valence-corrected chi connectivity index (χ3v) is 4.45. The summed E-state index contributed by atoms with van der Waals surface area (Å²) in [5, 5.41) is 0. The largest absolute Gasteiger partial charge is 0.349 e. The van der Waals surface area contributed by atoms with Crippen LogP contribution in [0.2, 0.25) is 0 Å². The highest BCUT2D eigenvalue weighted by Crippen LogP contribution is 2.46. The van der Waals surface area contributed by atoms with E-state index in [0.717, 1.165) is 31.5 Å². The zero-order valence-corrected chi connectivity index (χ0v) is 11.0. The second-order valence-corrected chi connectivity index (χ2v) is 5.79. The summed E-state index contributed by atoms with van der Waals surface area (Å²) in [6.45, 7) is 0.446. The molecule has 2 aliphatic rings. The molecule has 1 saturated heterocycles. The number of imidazole rings is 1. The highest BCUT2D eigenvalue weighted by atomic mass is 16.2. The Morgan fingerprint density at radius 3 is 2.47 bits per heavy atom. The summed E-state index contributed by atoms with van der Waals surface area (Å²) in [5.74, 6) is 0.830. The van der Waals surface area contributed by atoms with Crippen LogP contribution in [0.25, 0.3) is 0 Å². The van der Waals surface area contributed by atoms with Crippen LogP contribution in [0, 0.1) is 5.41 Å². The van der Waals surface area contributed by atoms with Gasteiger partial charge < -0.3 is 4.98 Å². The van der Waals surface area contributed by atoms with Crippen molar-refractivity contribution in [2.24, 2.45) is 5.41 Å². The number of hydrogen-bond donors (Lipinski definition) is 1. The molecule has 1 aliphatic carbocycles. The van der Waals surface area contributed by atoms with E-state index in [1.165, 1.54) is 4.90 Å². The highest BCUT2D eigenvalue weighted by molar-refractivity contribution is 5.98. The van der Waals surface area contributed by atoms with Gasteiger partial charge >= 0.3 is 0 Å². The van der Waals surface area contributed by atoms with E-state index in [9.17, 15) is 9.59 Å². The Balaban J connectivity index is 1.64. The van der Waals surface area contributed by atoms with Crippen LogP contribution < -0.4 is 0 Å². The van der Waals surface area contributed by atoms with E-state index < -0.39 is 0 Å². The molecule has 5 heteroatoms. The first-order chi connectivity index (χ1) is 9.19. The Labute approximate surface area is 112 Å². The van der Waals surface area contributed by atoms with Crippen LogP contribution in [0.15, 0.2) is 12.4 Å². The molecule has 0 aromatic carbocycles. The number of nitrogens with zero attached hydrogens (tertiary/aromatic N) is 2. The number of likely N-dealkylation sites (tertiary alicyclic amines) is 1. The Hall–Kier alpha value is -1.65. The topological polar surface area (TPSA) is 66.1 Å². The first-order valence-electron chi connectivity index (χ1n) is 7.00. The molecule has 0 unspecified atom stereocenters. The molecule has 0 radical (unpaired) electrons. The first kappa shape index (κ1) is 12.4. The molecule has 1 N–H and O–H groups in total. The lowest BCUT2D eigenvalue weighted by molar-refractivity contribution is -0.153. The molecule has 1 aliphatic heterocycles. The summed E-state index contributed by atoms with van der Waals surface area (Å²) >= 11 is 0. The Kier molecular flexibility index (Phi) is 3.12. The van der Waals surface area contributed by atoms with Crippen LogP contribution >= 0.6 is 0 Å². The van der Waals surface area contributed by atoms with Crippen molar-refractivity contribution in [3.8, 4) is 0 Å². The van der Waals surface area contributed by atoms with E-state index >= 15 is 0 Å². The van der Waals surface area contributed by atoms with Gasteiger partial charge in [0, 0.05) is 38.2 Å². The molecule has 0 bridgehead atoms. The lowest BCUT2D eigenvalue weighted by atomic mass is 9.76. The van der Waals surface area contributed by atoms with Crippen LogP contribution in [-0.2, 0) is 16.0 Å². The predicted octanol–water partition coefficient (Wildman–Crippen LogP) is 1.66. The lowest BCUT2D eigenvalue weighted by Crippen LogP contribution is -2.47. The maximum absolute atomic E-state index is 12.2. The van der Waals surface area contributed by atoms with Crippen molar-refractivity contribution in [1.29, 1.82) is 0 Å². The van der Waals surface area contributed by atoms with E-state index in [2.05, 4.69) is 9.97 Å². The van der Waals surface area contributed by atoms with E-state index in [1.807, 2.05) is 0 Å². The standard InChI is InChI=1S/C14H19N3O2/c18-12-9-14(4-1-2-5-14)10-13(19)17(12)8-3-11-15-6-7-16-11/h6-7H,1-5,8-10H2,(H,15,16). The van der Waals surface area contributed by atoms with Crippen molar-refractivity contribution in [3.63, 3.8) is 0 Å². The Morgan fingerprint density at radius 1 is 1.21 bits per heavy atom. The molecule has 1 spiro atoms. The van der Waals surface area contributed by atoms with E-state index in [-0.39, 0.29) is 17.2 Å². The number of carbonyl (C=O) groups is 2. The summed E-state index contributed by atoms with van der Waals surface area (Å²) in [6.07, 6.45) is 9.55. The van der Waals surface area contributed by atoms with Crippen molar-refractivity contribution in [2.75, 3.05) is 6.54 Å². The minimum atomic E-state index is -0.00461. The molecule has 0 atom stereocenters. The van der Waals surface area contributed by atoms with Gasteiger partial charge in [0.2, 0.25) is 11.8 Å². The number of hydrogen-bond acceptors (Lipinski definition) is 3. The number of amides is 2. The monoisotopic (exact) mass is 261 g/mol. The molecule has 19 heavy (non-hydrogen) atoms. The fraction of sp³-hybridized carbons (Fsp3) is 0.643. The minimum absolute atomic E-state index is 0.00436. The molecule has 2 heterocycles. The van der Waals surface area contributed by atoms with Gasteiger partial charge in [0.25, 0.3) is 0 Å². The Morgan fingerprint density at radius 2 is 1.89 bits per heavy atom. The second kappa shape index (κ2) is 4.79. The number of imide groups is 1. The summed E-state index contributed by atoms with van der Waals surface area (Å²) < 4.78 is 0. The normalized spacial score (nSPS) is 22.4. The Bertz CT molecular complexity index is 455. The van der Waals surface area contributed by atoms with Crippen LogP contribution in [0.5, 0.6) is 0 Å². The molecule has 102 valence electrons. The fourth-order valence-corrected chi connectivity index (χ4v) is 3.41. The van der Waals surface area contributed by atoms with Gasteiger partial charge in [-0.1, -0.05) is 12.8 Å². The van der Waals surface area contributed by atoms with Crippen LogP contribution in [0.3, 0.4) is 0 Å². The summed E-state index contributed by atoms with van der Waals surface area (Å²) in [5.41, 5.74) is -0.00461. The molecular formula is C14H19N3O2. The van der Waals surface area contributed by atoms with Crippen LogP contribution in [-0.4, -0.2) is 33.2 Å². The van der Waals surface area contributed by atoms with E-state index in [4.69, 9.17) is 0 Å². The molecule has 2 fully saturated rings. The minimum Gasteiger partial charge on any atom is -0.349 e. The zero-order chi connectivity index (χ0) is 13.3. The number of piperidine rings is 1. The van der Waals surface area contributed by atoms with Gasteiger partial charge in [-0.2, -0.15) is 0 Å². The molecule has 1 aromatic rings. The number of carbonyl (C=O) groups excluding carboxylic acids is 2. The van der Waals surface area contributed by atoms with Gasteiger partial charge in [-0.25, -0.2) is 4.98 Å². The van der Waals surface area contributed by atoms with Crippen molar-refractivity contribution in [2.45, 2.75) is 44.9 Å². The van der Waals surface area contributed by atoms with Gasteiger partial charge in [-0.05, 0) is 18.3 Å². The maximum Gasteiger partial charge on any atom is 0.229 e. The van der Waals surface area contributed by atoms with Crippen molar-refractivity contribution < 1.29 is 9.59 Å².